The highest BCUT2D eigenvalue weighted by Gasteiger charge is 2.18. The second kappa shape index (κ2) is 3.68. The monoisotopic (exact) mass is 281 g/mol. The summed E-state index contributed by atoms with van der Waals surface area (Å²) < 4.78 is 0.203. The first kappa shape index (κ1) is 10.8. The number of rotatable bonds is 1. The fraction of sp³-hybridized carbons (Fsp3) is 0. The summed E-state index contributed by atoms with van der Waals surface area (Å²) in [6, 6.07) is 4.57. The van der Waals surface area contributed by atoms with Gasteiger partial charge in [-0.25, -0.2) is 0 Å². The maximum absolute atomic E-state index is 9.89. The highest BCUT2D eigenvalue weighted by molar-refractivity contribution is 9.10. The summed E-state index contributed by atoms with van der Waals surface area (Å²) in [6.45, 7) is 3.31. The van der Waals surface area contributed by atoms with Gasteiger partial charge in [-0.15, -0.1) is 0 Å². The van der Waals surface area contributed by atoms with Crippen LogP contribution >= 0.6 is 15.9 Å². The minimum Gasteiger partial charge on any atom is -0.507 e. The Labute approximate surface area is 99.6 Å². The van der Waals surface area contributed by atoms with Gasteiger partial charge in [-0.3, -0.25) is 4.99 Å². The van der Waals surface area contributed by atoms with Crippen LogP contribution in [-0.2, 0) is 0 Å². The van der Waals surface area contributed by atoms with Gasteiger partial charge in [0.2, 0.25) is 0 Å². The number of nitrogens with zero attached hydrogens (tertiary/aromatic N) is 1. The van der Waals surface area contributed by atoms with Crippen molar-refractivity contribution >= 4 is 39.1 Å². The third-order valence-electron chi connectivity index (χ3n) is 2.33. The van der Waals surface area contributed by atoms with Crippen molar-refractivity contribution in [2.45, 2.75) is 0 Å². The summed E-state index contributed by atoms with van der Waals surface area (Å²) in [7, 11) is 0. The Kier molecular flexibility index (Phi) is 2.47. The number of halogens is 1. The number of hydrogen-bond donors (Lipinski definition) is 3. The van der Waals surface area contributed by atoms with Gasteiger partial charge in [0.25, 0.3) is 0 Å². The van der Waals surface area contributed by atoms with Gasteiger partial charge in [0.05, 0.1) is 9.86 Å². The minimum atomic E-state index is -0.173. The smallest absolute Gasteiger partial charge is 0.150 e. The molecule has 0 amide bonds. The molecule has 2 rings (SSSR count). The number of aliphatic imine (C=N–C) groups is 1. The van der Waals surface area contributed by atoms with E-state index in [4.69, 9.17) is 0 Å². The highest BCUT2D eigenvalue weighted by Crippen LogP contribution is 2.49. The quantitative estimate of drug-likeness (QED) is 0.556. The van der Waals surface area contributed by atoms with Crippen molar-refractivity contribution in [1.82, 2.24) is 0 Å². The molecule has 0 atom stereocenters. The highest BCUT2D eigenvalue weighted by atomic mass is 79.9. The van der Waals surface area contributed by atoms with Gasteiger partial charge in [-0.1, -0.05) is 12.1 Å². The van der Waals surface area contributed by atoms with E-state index in [1.54, 1.807) is 12.1 Å². The third kappa shape index (κ3) is 1.32. The molecule has 16 heavy (non-hydrogen) atoms. The lowest BCUT2D eigenvalue weighted by Gasteiger charge is -2.10. The van der Waals surface area contributed by atoms with Gasteiger partial charge >= 0.3 is 0 Å². The van der Waals surface area contributed by atoms with Crippen LogP contribution in [0.3, 0.4) is 0 Å². The zero-order chi connectivity index (χ0) is 11.9. The molecule has 0 spiro atoms. The predicted molar refractivity (Wildman–Crippen MR) is 65.9 cm³/mol. The van der Waals surface area contributed by atoms with Crippen LogP contribution < -0.4 is 0 Å². The molecule has 2 aromatic carbocycles. The van der Waals surface area contributed by atoms with E-state index in [1.807, 2.05) is 0 Å². The molecule has 2 aromatic rings. The van der Waals surface area contributed by atoms with Crippen LogP contribution in [0, 0.1) is 0 Å². The van der Waals surface area contributed by atoms with Crippen LogP contribution in [0.4, 0.5) is 5.69 Å². The maximum atomic E-state index is 9.89. The van der Waals surface area contributed by atoms with Crippen molar-refractivity contribution in [2.75, 3.05) is 0 Å². The van der Waals surface area contributed by atoms with E-state index in [1.165, 1.54) is 6.07 Å². The molecular weight excluding hydrogens is 274 g/mol. The van der Waals surface area contributed by atoms with Crippen molar-refractivity contribution in [1.29, 1.82) is 0 Å². The molecule has 0 saturated carbocycles. The number of hydrogen-bond acceptors (Lipinski definition) is 4. The number of phenols is 3. The van der Waals surface area contributed by atoms with E-state index >= 15 is 0 Å². The summed E-state index contributed by atoms with van der Waals surface area (Å²) in [5.74, 6) is -0.416. The molecule has 0 radical (unpaired) electrons. The molecule has 3 N–H and O–H groups in total. The van der Waals surface area contributed by atoms with Crippen molar-refractivity contribution in [3.8, 4) is 17.2 Å². The van der Waals surface area contributed by atoms with Crippen molar-refractivity contribution in [2.24, 2.45) is 4.99 Å². The molecule has 0 saturated heterocycles. The lowest BCUT2D eigenvalue weighted by molar-refractivity contribution is 0.456. The van der Waals surface area contributed by atoms with E-state index in [0.717, 1.165) is 0 Å². The normalized spacial score (nSPS) is 10.6. The Balaban J connectivity index is 3.07. The van der Waals surface area contributed by atoms with Crippen LogP contribution in [0.1, 0.15) is 0 Å². The Hall–Kier alpha value is -1.75. The molecule has 0 aliphatic carbocycles. The fourth-order valence-corrected chi connectivity index (χ4v) is 2.10. The van der Waals surface area contributed by atoms with Gasteiger partial charge in [-0.2, -0.15) is 0 Å². The second-order valence-corrected chi connectivity index (χ2v) is 4.01. The maximum Gasteiger partial charge on any atom is 0.150 e. The van der Waals surface area contributed by atoms with Gasteiger partial charge in [-0.05, 0) is 28.7 Å². The Bertz CT molecular complexity index is 596. The first-order valence-corrected chi connectivity index (χ1v) is 5.19. The topological polar surface area (TPSA) is 73.1 Å². The molecule has 0 aromatic heterocycles. The van der Waals surface area contributed by atoms with Crippen molar-refractivity contribution in [3.63, 3.8) is 0 Å². The molecule has 5 heteroatoms. The van der Waals surface area contributed by atoms with Gasteiger partial charge in [0.15, 0.2) is 5.75 Å². The number of fused-ring (bicyclic) bond motifs is 1. The molecular formula is C11H8BrNO3. The Morgan fingerprint density at radius 3 is 2.44 bits per heavy atom. The van der Waals surface area contributed by atoms with Crippen LogP contribution in [0.2, 0.25) is 0 Å². The largest absolute Gasteiger partial charge is 0.507 e. The van der Waals surface area contributed by atoms with E-state index in [9.17, 15) is 15.3 Å². The zero-order valence-corrected chi connectivity index (χ0v) is 9.69. The van der Waals surface area contributed by atoms with Crippen molar-refractivity contribution in [3.05, 3.63) is 22.7 Å². The standard InChI is InChI=1S/C11H8BrNO3/c1-13-9-8(12)11(16)7-5(10(9)15)3-2-4-6(7)14/h2-4,14-16H,1H2. The molecule has 0 bridgehead atoms. The van der Waals surface area contributed by atoms with Crippen LogP contribution in [0.15, 0.2) is 27.7 Å². The lowest BCUT2D eigenvalue weighted by Crippen LogP contribution is -1.81. The fourth-order valence-electron chi connectivity index (χ4n) is 1.58. The van der Waals surface area contributed by atoms with Gasteiger partial charge in [0.1, 0.15) is 17.2 Å². The second-order valence-electron chi connectivity index (χ2n) is 3.22. The third-order valence-corrected chi connectivity index (χ3v) is 3.08. The van der Waals surface area contributed by atoms with Gasteiger partial charge < -0.3 is 15.3 Å². The van der Waals surface area contributed by atoms with Crippen LogP contribution in [-0.4, -0.2) is 22.0 Å². The summed E-state index contributed by atoms with van der Waals surface area (Å²) in [5, 5.41) is 29.9. The molecule has 0 heterocycles. The minimum absolute atomic E-state index is 0.110. The van der Waals surface area contributed by atoms with Crippen LogP contribution in [0.25, 0.3) is 10.8 Å². The first-order valence-electron chi connectivity index (χ1n) is 4.39. The van der Waals surface area contributed by atoms with E-state index < -0.39 is 0 Å². The molecule has 82 valence electrons. The predicted octanol–water partition coefficient (Wildman–Crippen LogP) is 3.05. The first-order chi connectivity index (χ1) is 7.57. The Morgan fingerprint density at radius 2 is 1.81 bits per heavy atom. The SMILES string of the molecule is C=Nc1c(Br)c(O)c2c(O)cccc2c1O. The Morgan fingerprint density at radius 1 is 1.12 bits per heavy atom. The van der Waals surface area contributed by atoms with Crippen LogP contribution in [0.5, 0.6) is 17.2 Å². The average molecular weight is 282 g/mol. The van der Waals surface area contributed by atoms with Crippen molar-refractivity contribution < 1.29 is 15.3 Å². The molecule has 0 aliphatic rings. The summed E-state index contributed by atoms with van der Waals surface area (Å²) in [6.07, 6.45) is 0. The van der Waals surface area contributed by atoms with Gasteiger partial charge in [0, 0.05) is 5.39 Å². The number of phenolic OH excluding ortho intramolecular Hbond substituents is 3. The van der Waals surface area contributed by atoms with E-state index in [-0.39, 0.29) is 32.8 Å². The summed E-state index contributed by atoms with van der Waals surface area (Å²) >= 11 is 3.09. The number of aromatic hydroxyl groups is 3. The molecule has 0 aliphatic heterocycles. The molecule has 4 nitrogen and oxygen atoms in total. The average Bonchev–Trinajstić information content (AvgIpc) is 2.27. The van der Waals surface area contributed by atoms with E-state index in [2.05, 4.69) is 27.6 Å². The summed E-state index contributed by atoms with van der Waals surface area (Å²) in [4.78, 5) is 3.62. The summed E-state index contributed by atoms with van der Waals surface area (Å²) in [5.41, 5.74) is 0.149. The van der Waals surface area contributed by atoms with E-state index in [0.29, 0.717) is 5.39 Å². The lowest BCUT2D eigenvalue weighted by atomic mass is 10.1. The zero-order valence-electron chi connectivity index (χ0n) is 8.11. The number of benzene rings is 2. The molecule has 0 fully saturated rings. The molecule has 0 unspecified atom stereocenters.